The van der Waals surface area contributed by atoms with Crippen LogP contribution in [0.4, 0.5) is 5.69 Å². The number of methoxy groups -OCH3 is 1. The molecule has 4 nitrogen and oxygen atoms in total. The van der Waals surface area contributed by atoms with Crippen LogP contribution < -0.4 is 5.32 Å². The normalized spacial score (nSPS) is 10.8. The van der Waals surface area contributed by atoms with E-state index in [2.05, 4.69) is 35.1 Å². The van der Waals surface area contributed by atoms with Crippen LogP contribution in [0.25, 0.3) is 0 Å². The van der Waals surface area contributed by atoms with Gasteiger partial charge in [0.2, 0.25) is 0 Å². The van der Waals surface area contributed by atoms with Crippen molar-refractivity contribution < 1.29 is 4.74 Å². The second-order valence-corrected chi connectivity index (χ2v) is 3.93. The Morgan fingerprint density at radius 1 is 1.41 bits per heavy atom. The Kier molecular flexibility index (Phi) is 6.58. The van der Waals surface area contributed by atoms with Crippen molar-refractivity contribution in [2.75, 3.05) is 38.7 Å². The molecule has 0 saturated carbocycles. The molecule has 0 unspecified atom stereocenters. The van der Waals surface area contributed by atoms with Crippen LogP contribution in [0, 0.1) is 0 Å². The molecule has 0 saturated heterocycles. The molecule has 1 rings (SSSR count). The lowest BCUT2D eigenvalue weighted by Crippen LogP contribution is -2.27. The van der Waals surface area contributed by atoms with Crippen LogP contribution in [0.1, 0.15) is 19.5 Å². The Bertz CT molecular complexity index is 317. The number of hydrogen-bond acceptors (Lipinski definition) is 4. The predicted molar refractivity (Wildman–Crippen MR) is 71.2 cm³/mol. The highest BCUT2D eigenvalue weighted by Gasteiger charge is 2.04. The lowest BCUT2D eigenvalue weighted by atomic mass is 10.3. The highest BCUT2D eigenvalue weighted by Crippen LogP contribution is 2.09. The smallest absolute Gasteiger partial charge is 0.0589 e. The number of rotatable bonds is 8. The minimum absolute atomic E-state index is 0.765. The quantitative estimate of drug-likeness (QED) is 0.750. The molecule has 0 aromatic carbocycles. The summed E-state index contributed by atoms with van der Waals surface area (Å²) in [7, 11) is 1.73. The van der Waals surface area contributed by atoms with E-state index in [-0.39, 0.29) is 0 Å². The third kappa shape index (κ3) is 5.15. The van der Waals surface area contributed by atoms with Gasteiger partial charge in [-0.15, -0.1) is 0 Å². The maximum atomic E-state index is 5.10. The summed E-state index contributed by atoms with van der Waals surface area (Å²) in [6.07, 6.45) is 1.86. The van der Waals surface area contributed by atoms with E-state index in [9.17, 15) is 0 Å². The highest BCUT2D eigenvalue weighted by atomic mass is 16.5. The van der Waals surface area contributed by atoms with Crippen LogP contribution in [0.2, 0.25) is 0 Å². The van der Waals surface area contributed by atoms with Crippen molar-refractivity contribution in [2.45, 2.75) is 20.4 Å². The zero-order valence-corrected chi connectivity index (χ0v) is 11.1. The molecule has 0 fully saturated rings. The minimum Gasteiger partial charge on any atom is -0.385 e. The Morgan fingerprint density at radius 2 is 2.24 bits per heavy atom. The number of anilines is 1. The Labute approximate surface area is 104 Å². The summed E-state index contributed by atoms with van der Waals surface area (Å²) < 4.78 is 5.10. The average Bonchev–Trinajstić information content (AvgIpc) is 2.35. The highest BCUT2D eigenvalue weighted by molar-refractivity contribution is 5.42. The molecule has 0 spiro atoms. The lowest BCUT2D eigenvalue weighted by molar-refractivity contribution is 0.147. The molecule has 0 atom stereocenters. The number of pyridine rings is 1. The van der Waals surface area contributed by atoms with Gasteiger partial charge in [-0.05, 0) is 25.6 Å². The van der Waals surface area contributed by atoms with E-state index in [1.807, 2.05) is 12.3 Å². The summed E-state index contributed by atoms with van der Waals surface area (Å²) in [6, 6.07) is 4.11. The molecule has 1 aromatic rings. The third-order valence-electron chi connectivity index (χ3n) is 2.64. The van der Waals surface area contributed by atoms with Gasteiger partial charge in [0.05, 0.1) is 12.3 Å². The van der Waals surface area contributed by atoms with Crippen molar-refractivity contribution in [1.29, 1.82) is 0 Å². The number of nitrogens with zero attached hydrogens (tertiary/aromatic N) is 2. The van der Waals surface area contributed by atoms with Crippen molar-refractivity contribution in [1.82, 2.24) is 9.88 Å². The Balaban J connectivity index is 2.55. The van der Waals surface area contributed by atoms with Gasteiger partial charge in [-0.1, -0.05) is 6.92 Å². The van der Waals surface area contributed by atoms with Gasteiger partial charge in [0.1, 0.15) is 0 Å². The molecular weight excluding hydrogens is 214 g/mol. The summed E-state index contributed by atoms with van der Waals surface area (Å²) in [5.74, 6) is 0. The summed E-state index contributed by atoms with van der Waals surface area (Å²) in [5.41, 5.74) is 2.24. The maximum Gasteiger partial charge on any atom is 0.0589 e. The van der Waals surface area contributed by atoms with Gasteiger partial charge in [-0.25, -0.2) is 0 Å². The van der Waals surface area contributed by atoms with Gasteiger partial charge in [-0.3, -0.25) is 9.88 Å². The number of nitrogens with one attached hydrogen (secondary N) is 1. The zero-order chi connectivity index (χ0) is 12.5. The van der Waals surface area contributed by atoms with Crippen LogP contribution in [0.5, 0.6) is 0 Å². The molecule has 1 N–H and O–H groups in total. The van der Waals surface area contributed by atoms with Gasteiger partial charge in [-0.2, -0.15) is 0 Å². The molecule has 0 radical (unpaired) electrons. The number of likely N-dealkylation sites (N-methyl/N-ethyl adjacent to an activating group) is 1. The first-order valence-electron chi connectivity index (χ1n) is 6.20. The van der Waals surface area contributed by atoms with Crippen LogP contribution in [-0.2, 0) is 11.3 Å². The van der Waals surface area contributed by atoms with Crippen LogP contribution in [0.3, 0.4) is 0 Å². The van der Waals surface area contributed by atoms with Gasteiger partial charge < -0.3 is 10.1 Å². The predicted octanol–water partition coefficient (Wildman–Crippen LogP) is 1.98. The summed E-state index contributed by atoms with van der Waals surface area (Å²) in [5, 5.41) is 3.30. The molecular formula is C13H23N3O. The van der Waals surface area contributed by atoms with E-state index < -0.39 is 0 Å². The van der Waals surface area contributed by atoms with E-state index in [4.69, 9.17) is 4.74 Å². The van der Waals surface area contributed by atoms with E-state index in [0.29, 0.717) is 0 Å². The zero-order valence-electron chi connectivity index (χ0n) is 11.1. The second kappa shape index (κ2) is 8.03. The molecule has 4 heteroatoms. The largest absolute Gasteiger partial charge is 0.385 e. The monoisotopic (exact) mass is 237 g/mol. The van der Waals surface area contributed by atoms with Crippen molar-refractivity contribution in [3.05, 3.63) is 24.0 Å². The topological polar surface area (TPSA) is 37.4 Å². The number of aromatic nitrogens is 1. The number of ether oxygens (including phenoxy) is 1. The fourth-order valence-electron chi connectivity index (χ4n) is 1.68. The first-order chi connectivity index (χ1) is 8.30. The molecule has 0 amide bonds. The van der Waals surface area contributed by atoms with E-state index >= 15 is 0 Å². The number of hydrogen-bond donors (Lipinski definition) is 1. The van der Waals surface area contributed by atoms with Gasteiger partial charge in [0, 0.05) is 38.6 Å². The summed E-state index contributed by atoms with van der Waals surface area (Å²) >= 11 is 0. The molecule has 0 aliphatic heterocycles. The Morgan fingerprint density at radius 3 is 2.88 bits per heavy atom. The molecule has 1 heterocycles. The van der Waals surface area contributed by atoms with Crippen molar-refractivity contribution in [3.63, 3.8) is 0 Å². The third-order valence-corrected chi connectivity index (χ3v) is 2.64. The lowest BCUT2D eigenvalue weighted by Gasteiger charge is -2.19. The molecule has 0 aliphatic carbocycles. The first kappa shape index (κ1) is 13.9. The fourth-order valence-corrected chi connectivity index (χ4v) is 1.68. The van der Waals surface area contributed by atoms with Crippen LogP contribution in [0.15, 0.2) is 18.3 Å². The van der Waals surface area contributed by atoms with Crippen molar-refractivity contribution in [2.24, 2.45) is 0 Å². The van der Waals surface area contributed by atoms with E-state index in [0.717, 1.165) is 44.2 Å². The van der Waals surface area contributed by atoms with E-state index in [1.165, 1.54) is 0 Å². The van der Waals surface area contributed by atoms with E-state index in [1.54, 1.807) is 7.11 Å². The summed E-state index contributed by atoms with van der Waals surface area (Å²) in [4.78, 5) is 6.72. The minimum atomic E-state index is 0.765. The maximum absolute atomic E-state index is 5.10. The van der Waals surface area contributed by atoms with Crippen molar-refractivity contribution >= 4 is 5.69 Å². The van der Waals surface area contributed by atoms with Gasteiger partial charge in [0.15, 0.2) is 0 Å². The van der Waals surface area contributed by atoms with Crippen molar-refractivity contribution in [3.8, 4) is 0 Å². The summed E-state index contributed by atoms with van der Waals surface area (Å²) in [6.45, 7) is 8.78. The Hall–Kier alpha value is -1.13. The van der Waals surface area contributed by atoms with Crippen LogP contribution >= 0.6 is 0 Å². The fraction of sp³-hybridized carbons (Fsp3) is 0.615. The second-order valence-electron chi connectivity index (χ2n) is 3.93. The van der Waals surface area contributed by atoms with Gasteiger partial charge >= 0.3 is 0 Å². The first-order valence-corrected chi connectivity index (χ1v) is 6.20. The molecule has 17 heavy (non-hydrogen) atoms. The van der Waals surface area contributed by atoms with Gasteiger partial charge in [0.25, 0.3) is 0 Å². The average molecular weight is 237 g/mol. The molecule has 0 aliphatic rings. The standard InChI is InChI=1S/C13H23N3O/c1-4-14-12-6-7-15-13(10-12)11-16(5-2)8-9-17-3/h6-7,10H,4-5,8-9,11H2,1-3H3,(H,14,15). The molecule has 0 bridgehead atoms. The molecule has 96 valence electrons. The SMILES string of the molecule is CCNc1ccnc(CN(CC)CCOC)c1. The molecule has 1 aromatic heterocycles. The van der Waals surface area contributed by atoms with Crippen LogP contribution in [-0.4, -0.2) is 43.2 Å².